The lowest BCUT2D eigenvalue weighted by Crippen LogP contribution is -2.14. The van der Waals surface area contributed by atoms with Crippen LogP contribution in [0.15, 0.2) is 58.5 Å². The molecule has 3 rings (SSSR count). The highest BCUT2D eigenvalue weighted by Gasteiger charge is 2.15. The molecule has 0 unspecified atom stereocenters. The molecule has 0 amide bonds. The van der Waals surface area contributed by atoms with Gasteiger partial charge in [0, 0.05) is 11.1 Å². The number of aromatic nitrogens is 2. The maximum atomic E-state index is 12.2. The van der Waals surface area contributed by atoms with Crippen molar-refractivity contribution in [3.63, 3.8) is 0 Å². The molecule has 0 aliphatic rings. The molecule has 0 aliphatic heterocycles. The van der Waals surface area contributed by atoms with Crippen LogP contribution in [0.3, 0.4) is 0 Å². The second-order valence-electron chi connectivity index (χ2n) is 5.54. The van der Waals surface area contributed by atoms with Gasteiger partial charge >= 0.3 is 0 Å². The van der Waals surface area contributed by atoms with Crippen LogP contribution in [-0.2, 0) is 6.61 Å². The van der Waals surface area contributed by atoms with Crippen LogP contribution < -0.4 is 15.0 Å². The number of hydrogen-bond acceptors (Lipinski definition) is 6. The van der Waals surface area contributed by atoms with Crippen molar-refractivity contribution in [3.05, 3.63) is 70.0 Å². The molecule has 0 aliphatic carbocycles. The van der Waals surface area contributed by atoms with Crippen molar-refractivity contribution in [2.45, 2.75) is 11.8 Å². The Balaban J connectivity index is 2.02. The van der Waals surface area contributed by atoms with Gasteiger partial charge in [-0.1, -0.05) is 30.0 Å². The molecule has 0 spiro atoms. The topological polar surface area (TPSA) is 88.0 Å². The Morgan fingerprint density at radius 3 is 2.67 bits per heavy atom. The molecule has 0 fully saturated rings. The first-order chi connectivity index (χ1) is 13.2. The molecule has 27 heavy (non-hydrogen) atoms. The van der Waals surface area contributed by atoms with E-state index in [0.717, 1.165) is 11.3 Å². The maximum absolute atomic E-state index is 12.2. The van der Waals surface area contributed by atoms with Crippen LogP contribution in [-0.4, -0.2) is 23.3 Å². The van der Waals surface area contributed by atoms with Gasteiger partial charge in [0.1, 0.15) is 29.7 Å². The summed E-state index contributed by atoms with van der Waals surface area (Å²) < 4.78 is 11.2. The van der Waals surface area contributed by atoms with E-state index in [2.05, 4.69) is 9.97 Å². The third kappa shape index (κ3) is 4.13. The maximum Gasteiger partial charge on any atom is 0.270 e. The van der Waals surface area contributed by atoms with Gasteiger partial charge in [0.2, 0.25) is 0 Å². The van der Waals surface area contributed by atoms with Crippen LogP contribution in [0, 0.1) is 11.3 Å². The van der Waals surface area contributed by atoms with E-state index in [-0.39, 0.29) is 12.2 Å². The third-order valence-electron chi connectivity index (χ3n) is 3.89. The first-order valence-electron chi connectivity index (χ1n) is 8.09. The number of nitriles is 1. The van der Waals surface area contributed by atoms with Gasteiger partial charge in [-0.15, -0.1) is 0 Å². The minimum atomic E-state index is -0.454. The summed E-state index contributed by atoms with van der Waals surface area (Å²) in [7, 11) is 1.58. The Bertz CT molecular complexity index is 1040. The van der Waals surface area contributed by atoms with E-state index in [9.17, 15) is 10.1 Å². The highest BCUT2D eigenvalue weighted by atomic mass is 32.2. The molecular weight excluding hydrogens is 362 g/mol. The Kier molecular flexibility index (Phi) is 5.79. The average Bonchev–Trinajstić information content (AvgIpc) is 2.72. The van der Waals surface area contributed by atoms with Crippen LogP contribution in [0.2, 0.25) is 0 Å². The zero-order valence-electron chi connectivity index (χ0n) is 14.9. The van der Waals surface area contributed by atoms with Crippen LogP contribution in [0.25, 0.3) is 11.3 Å². The summed E-state index contributed by atoms with van der Waals surface area (Å²) in [4.78, 5) is 19.2. The lowest BCUT2D eigenvalue weighted by Gasteiger charge is -2.13. The van der Waals surface area contributed by atoms with Crippen LogP contribution >= 0.6 is 11.8 Å². The van der Waals surface area contributed by atoms with E-state index in [1.54, 1.807) is 25.5 Å². The number of para-hydroxylation sites is 1. The number of ether oxygens (including phenoxy) is 2. The van der Waals surface area contributed by atoms with Crippen molar-refractivity contribution in [2.24, 2.45) is 0 Å². The molecule has 0 saturated carbocycles. The van der Waals surface area contributed by atoms with Crippen molar-refractivity contribution in [1.82, 2.24) is 9.97 Å². The summed E-state index contributed by atoms with van der Waals surface area (Å²) in [5.41, 5.74) is 1.31. The summed E-state index contributed by atoms with van der Waals surface area (Å²) in [5, 5.41) is 9.83. The minimum absolute atomic E-state index is 0.0205. The van der Waals surface area contributed by atoms with Crippen LogP contribution in [0.5, 0.6) is 11.5 Å². The van der Waals surface area contributed by atoms with Gasteiger partial charge in [0.05, 0.1) is 12.8 Å². The molecule has 0 atom stereocenters. The van der Waals surface area contributed by atoms with Gasteiger partial charge in [-0.25, -0.2) is 4.98 Å². The standard InChI is InChI=1S/C20H17N3O3S/c1-25-17-9-8-13(10-14(17)12-26-15-6-4-3-5-7-15)18-16(11-21)19(24)23-20(22-18)27-2/h3-10H,12H2,1-2H3,(H,22,23,24). The second-order valence-corrected chi connectivity index (χ2v) is 6.33. The van der Waals surface area contributed by atoms with Gasteiger partial charge < -0.3 is 14.5 Å². The number of hydrogen-bond donors (Lipinski definition) is 1. The number of H-pyrrole nitrogens is 1. The van der Waals surface area contributed by atoms with Crippen molar-refractivity contribution in [1.29, 1.82) is 5.26 Å². The summed E-state index contributed by atoms with van der Waals surface area (Å²) in [6.45, 7) is 0.279. The smallest absolute Gasteiger partial charge is 0.270 e. The fourth-order valence-electron chi connectivity index (χ4n) is 2.58. The Labute approximate surface area is 160 Å². The number of aromatic amines is 1. The number of benzene rings is 2. The SMILES string of the molecule is COc1ccc(-c2nc(SC)[nH]c(=O)c2C#N)cc1COc1ccccc1. The molecule has 1 heterocycles. The van der Waals surface area contributed by atoms with Gasteiger partial charge in [0.15, 0.2) is 5.16 Å². The monoisotopic (exact) mass is 379 g/mol. The zero-order chi connectivity index (χ0) is 19.2. The third-order valence-corrected chi connectivity index (χ3v) is 4.47. The molecule has 1 aromatic heterocycles. The molecule has 136 valence electrons. The molecule has 1 N–H and O–H groups in total. The summed E-state index contributed by atoms with van der Waals surface area (Å²) in [6.07, 6.45) is 1.81. The van der Waals surface area contributed by atoms with Crippen molar-refractivity contribution in [2.75, 3.05) is 13.4 Å². The quantitative estimate of drug-likeness (QED) is 0.520. The van der Waals surface area contributed by atoms with Crippen LogP contribution in [0.1, 0.15) is 11.1 Å². The number of nitrogens with one attached hydrogen (secondary N) is 1. The molecule has 0 bridgehead atoms. The first-order valence-corrected chi connectivity index (χ1v) is 9.32. The van der Waals surface area contributed by atoms with E-state index in [1.165, 1.54) is 11.8 Å². The van der Waals surface area contributed by atoms with E-state index in [0.29, 0.717) is 22.2 Å². The van der Waals surface area contributed by atoms with Crippen molar-refractivity contribution in [3.8, 4) is 28.8 Å². The minimum Gasteiger partial charge on any atom is -0.496 e. The predicted octanol–water partition coefficient (Wildman–Crippen LogP) is 3.62. The second kappa shape index (κ2) is 8.43. The summed E-state index contributed by atoms with van der Waals surface area (Å²) >= 11 is 1.30. The molecule has 0 saturated heterocycles. The number of thioether (sulfide) groups is 1. The highest BCUT2D eigenvalue weighted by Crippen LogP contribution is 2.28. The average molecular weight is 379 g/mol. The van der Waals surface area contributed by atoms with E-state index in [4.69, 9.17) is 9.47 Å². The van der Waals surface area contributed by atoms with Crippen molar-refractivity contribution >= 4 is 11.8 Å². The largest absolute Gasteiger partial charge is 0.496 e. The van der Waals surface area contributed by atoms with Gasteiger partial charge in [0.25, 0.3) is 5.56 Å². The molecule has 7 heteroatoms. The first kappa shape index (κ1) is 18.5. The van der Waals surface area contributed by atoms with Gasteiger partial charge in [-0.3, -0.25) is 4.79 Å². The number of nitrogens with zero attached hydrogens (tertiary/aromatic N) is 2. The highest BCUT2D eigenvalue weighted by molar-refractivity contribution is 7.98. The zero-order valence-corrected chi connectivity index (χ0v) is 15.7. The normalized spacial score (nSPS) is 10.3. The predicted molar refractivity (Wildman–Crippen MR) is 104 cm³/mol. The molecular formula is C20H17N3O3S. The Morgan fingerprint density at radius 2 is 2.00 bits per heavy atom. The summed E-state index contributed by atoms with van der Waals surface area (Å²) in [5.74, 6) is 1.39. The van der Waals surface area contributed by atoms with Crippen molar-refractivity contribution < 1.29 is 9.47 Å². The lowest BCUT2D eigenvalue weighted by molar-refractivity contribution is 0.297. The summed E-state index contributed by atoms with van der Waals surface area (Å²) in [6, 6.07) is 16.8. The fraction of sp³-hybridized carbons (Fsp3) is 0.150. The van der Waals surface area contributed by atoms with E-state index < -0.39 is 5.56 Å². The Hall–Kier alpha value is -3.24. The van der Waals surface area contributed by atoms with E-state index >= 15 is 0 Å². The van der Waals surface area contributed by atoms with Crippen LogP contribution in [0.4, 0.5) is 0 Å². The van der Waals surface area contributed by atoms with E-state index in [1.807, 2.05) is 42.5 Å². The van der Waals surface area contributed by atoms with Gasteiger partial charge in [-0.05, 0) is 36.6 Å². The number of methoxy groups -OCH3 is 1. The molecule has 2 aromatic carbocycles. The molecule has 0 radical (unpaired) electrons. The van der Waals surface area contributed by atoms with Gasteiger partial charge in [-0.2, -0.15) is 5.26 Å². The molecule has 6 nitrogen and oxygen atoms in total. The number of rotatable bonds is 6. The molecule has 3 aromatic rings. The fourth-order valence-corrected chi connectivity index (χ4v) is 2.96. The Morgan fingerprint density at radius 1 is 1.22 bits per heavy atom. The lowest BCUT2D eigenvalue weighted by atomic mass is 10.0.